The van der Waals surface area contributed by atoms with Gasteiger partial charge in [0, 0.05) is 18.3 Å². The second kappa shape index (κ2) is 8.00. The van der Waals surface area contributed by atoms with Crippen LogP contribution in [0.15, 0.2) is 48.5 Å². The molecule has 4 rings (SSSR count). The molecule has 29 heavy (non-hydrogen) atoms. The highest BCUT2D eigenvalue weighted by Crippen LogP contribution is 2.47. The summed E-state index contributed by atoms with van der Waals surface area (Å²) < 4.78 is 31.2. The molecule has 156 valence electrons. The molecule has 0 radical (unpaired) electrons. The first-order valence-corrected chi connectivity index (χ1v) is 12.2. The molecule has 1 aliphatic heterocycles. The molecule has 5 nitrogen and oxygen atoms in total. The summed E-state index contributed by atoms with van der Waals surface area (Å²) in [6, 6.07) is 17.0. The van der Waals surface area contributed by atoms with E-state index in [0.29, 0.717) is 11.7 Å². The molecule has 2 fully saturated rings. The summed E-state index contributed by atoms with van der Waals surface area (Å²) >= 11 is 0. The maximum Gasteiger partial charge on any atom is 0.229 e. The third-order valence-corrected chi connectivity index (χ3v) is 7.14. The van der Waals surface area contributed by atoms with Gasteiger partial charge < -0.3 is 4.74 Å². The molecule has 2 atom stereocenters. The van der Waals surface area contributed by atoms with E-state index >= 15 is 0 Å². The molecular weight excluding hydrogens is 384 g/mol. The van der Waals surface area contributed by atoms with Gasteiger partial charge in [-0.1, -0.05) is 30.7 Å². The number of sulfonamides is 1. The Morgan fingerprint density at radius 2 is 1.97 bits per heavy atom. The Balaban J connectivity index is 1.50. The van der Waals surface area contributed by atoms with Crippen LogP contribution >= 0.6 is 0 Å². The Kier molecular flexibility index (Phi) is 5.58. The number of anilines is 1. The van der Waals surface area contributed by atoms with Gasteiger partial charge in [-0.2, -0.15) is 0 Å². The molecule has 2 aromatic rings. The Labute approximate surface area is 174 Å². The van der Waals surface area contributed by atoms with Crippen LogP contribution in [0.2, 0.25) is 0 Å². The molecule has 1 saturated carbocycles. The van der Waals surface area contributed by atoms with Gasteiger partial charge in [0.2, 0.25) is 10.0 Å². The zero-order valence-corrected chi connectivity index (χ0v) is 18.0. The molecule has 0 aromatic heterocycles. The van der Waals surface area contributed by atoms with Gasteiger partial charge in [0.15, 0.2) is 0 Å². The zero-order chi connectivity index (χ0) is 20.5. The van der Waals surface area contributed by atoms with Gasteiger partial charge >= 0.3 is 0 Å². The lowest BCUT2D eigenvalue weighted by Crippen LogP contribution is -2.51. The summed E-state index contributed by atoms with van der Waals surface area (Å²) in [6.07, 6.45) is 7.09. The molecule has 1 aliphatic carbocycles. The van der Waals surface area contributed by atoms with E-state index in [9.17, 15) is 8.42 Å². The van der Waals surface area contributed by atoms with E-state index in [0.717, 1.165) is 31.7 Å². The van der Waals surface area contributed by atoms with Crippen molar-refractivity contribution >= 4 is 15.7 Å². The lowest BCUT2D eigenvalue weighted by molar-refractivity contribution is 0.0459. The minimum absolute atomic E-state index is 0.161. The first-order valence-electron chi connectivity index (χ1n) is 10.3. The van der Waals surface area contributed by atoms with E-state index in [1.807, 2.05) is 30.3 Å². The number of ether oxygens (including phenoxy) is 1. The summed E-state index contributed by atoms with van der Waals surface area (Å²) in [5.41, 5.74) is 3.43. The monoisotopic (exact) mass is 414 g/mol. The van der Waals surface area contributed by atoms with Crippen molar-refractivity contribution in [2.75, 3.05) is 24.6 Å². The minimum atomic E-state index is -3.26. The van der Waals surface area contributed by atoms with E-state index < -0.39 is 10.0 Å². The van der Waals surface area contributed by atoms with Crippen molar-refractivity contribution in [1.82, 2.24) is 4.90 Å². The SMILES string of the molecule is COc1ccc(CN2CCC3(c4cccc(NS(C)(=O)=O)c4)CCCC2C3)cc1. The third-order valence-electron chi connectivity index (χ3n) is 6.54. The van der Waals surface area contributed by atoms with Crippen LogP contribution in [0, 0.1) is 0 Å². The molecule has 0 spiro atoms. The summed E-state index contributed by atoms with van der Waals surface area (Å²) in [4.78, 5) is 2.62. The average molecular weight is 415 g/mol. The van der Waals surface area contributed by atoms with Crippen molar-refractivity contribution in [3.05, 3.63) is 59.7 Å². The van der Waals surface area contributed by atoms with Crippen LogP contribution in [0.1, 0.15) is 43.2 Å². The van der Waals surface area contributed by atoms with Gasteiger partial charge in [0.1, 0.15) is 5.75 Å². The topological polar surface area (TPSA) is 58.6 Å². The van der Waals surface area contributed by atoms with Gasteiger partial charge in [-0.3, -0.25) is 9.62 Å². The van der Waals surface area contributed by atoms with Crippen LogP contribution in [0.5, 0.6) is 5.75 Å². The Bertz CT molecular complexity index is 958. The Morgan fingerprint density at radius 1 is 1.17 bits per heavy atom. The number of piperidine rings is 1. The summed E-state index contributed by atoms with van der Waals surface area (Å²) in [7, 11) is -1.57. The maximum atomic E-state index is 11.6. The number of nitrogens with zero attached hydrogens (tertiary/aromatic N) is 1. The molecule has 6 heteroatoms. The second-order valence-electron chi connectivity index (χ2n) is 8.55. The molecule has 1 saturated heterocycles. The summed E-state index contributed by atoms with van der Waals surface area (Å²) in [5.74, 6) is 0.895. The van der Waals surface area contributed by atoms with E-state index in [1.54, 1.807) is 7.11 Å². The van der Waals surface area contributed by atoms with Crippen LogP contribution in [0.4, 0.5) is 5.69 Å². The molecule has 1 N–H and O–H groups in total. The largest absolute Gasteiger partial charge is 0.497 e. The molecule has 2 bridgehead atoms. The maximum absolute atomic E-state index is 11.6. The lowest BCUT2D eigenvalue weighted by Gasteiger charge is -2.51. The summed E-state index contributed by atoms with van der Waals surface area (Å²) in [6.45, 7) is 2.04. The summed E-state index contributed by atoms with van der Waals surface area (Å²) in [5, 5.41) is 0. The van der Waals surface area contributed by atoms with E-state index in [-0.39, 0.29) is 5.41 Å². The third kappa shape index (κ3) is 4.59. The van der Waals surface area contributed by atoms with Gasteiger partial charge in [0.25, 0.3) is 0 Å². The van der Waals surface area contributed by atoms with Crippen LogP contribution in [-0.4, -0.2) is 39.3 Å². The smallest absolute Gasteiger partial charge is 0.229 e. The highest BCUT2D eigenvalue weighted by Gasteiger charge is 2.43. The second-order valence-corrected chi connectivity index (χ2v) is 10.3. The number of benzene rings is 2. The molecule has 1 heterocycles. The predicted octanol–water partition coefficient (Wildman–Crippen LogP) is 4.15. The number of nitrogens with one attached hydrogen (secondary N) is 1. The van der Waals surface area contributed by atoms with Crippen LogP contribution in [-0.2, 0) is 22.0 Å². The highest BCUT2D eigenvalue weighted by atomic mass is 32.2. The molecule has 0 amide bonds. The van der Waals surface area contributed by atoms with Crippen molar-refractivity contribution in [2.24, 2.45) is 0 Å². The fraction of sp³-hybridized carbons (Fsp3) is 0.478. The standard InChI is InChI=1S/C23H30N2O3S/c1-28-22-10-8-18(9-11-22)17-25-14-13-23(12-4-7-21(25)16-23)19-5-3-6-20(15-19)24-29(2,26)27/h3,5-6,8-11,15,21,24H,4,7,12-14,16-17H2,1-2H3. The van der Waals surface area contributed by atoms with Crippen LogP contribution in [0.25, 0.3) is 0 Å². The normalized spacial score (nSPS) is 24.8. The minimum Gasteiger partial charge on any atom is -0.497 e. The van der Waals surface area contributed by atoms with Gasteiger partial charge in [0.05, 0.1) is 13.4 Å². The van der Waals surface area contributed by atoms with E-state index in [2.05, 4.69) is 27.8 Å². The number of methoxy groups -OCH3 is 1. The fourth-order valence-electron chi connectivity index (χ4n) is 5.12. The zero-order valence-electron chi connectivity index (χ0n) is 17.2. The van der Waals surface area contributed by atoms with Crippen molar-refractivity contribution < 1.29 is 13.2 Å². The van der Waals surface area contributed by atoms with E-state index in [1.165, 1.54) is 36.6 Å². The van der Waals surface area contributed by atoms with Crippen molar-refractivity contribution in [3.8, 4) is 5.75 Å². The highest BCUT2D eigenvalue weighted by molar-refractivity contribution is 7.92. The van der Waals surface area contributed by atoms with Crippen LogP contribution in [0.3, 0.4) is 0 Å². The number of hydrogen-bond donors (Lipinski definition) is 1. The van der Waals surface area contributed by atoms with Gasteiger partial charge in [-0.15, -0.1) is 0 Å². The number of hydrogen-bond acceptors (Lipinski definition) is 4. The average Bonchev–Trinajstić information content (AvgIpc) is 2.70. The fourth-order valence-corrected chi connectivity index (χ4v) is 5.67. The first kappa shape index (κ1) is 20.2. The molecule has 2 aliphatic rings. The number of likely N-dealkylation sites (tertiary alicyclic amines) is 1. The van der Waals surface area contributed by atoms with Gasteiger partial charge in [-0.25, -0.2) is 8.42 Å². The Morgan fingerprint density at radius 3 is 2.69 bits per heavy atom. The lowest BCUT2D eigenvalue weighted by atomic mass is 9.63. The number of fused-ring (bicyclic) bond motifs is 2. The number of rotatable bonds is 6. The first-order chi connectivity index (χ1) is 13.9. The van der Waals surface area contributed by atoms with Crippen molar-refractivity contribution in [3.63, 3.8) is 0 Å². The van der Waals surface area contributed by atoms with Crippen molar-refractivity contribution in [2.45, 2.75) is 50.1 Å². The molecular formula is C23H30N2O3S. The predicted molar refractivity (Wildman–Crippen MR) is 117 cm³/mol. The molecule has 2 unspecified atom stereocenters. The molecule has 2 aromatic carbocycles. The van der Waals surface area contributed by atoms with Crippen LogP contribution < -0.4 is 9.46 Å². The van der Waals surface area contributed by atoms with Crippen molar-refractivity contribution in [1.29, 1.82) is 0 Å². The van der Waals surface area contributed by atoms with E-state index in [4.69, 9.17) is 4.74 Å². The quantitative estimate of drug-likeness (QED) is 0.771. The van der Waals surface area contributed by atoms with Gasteiger partial charge in [-0.05, 0) is 73.0 Å². The Hall–Kier alpha value is -2.05.